The fourth-order valence-corrected chi connectivity index (χ4v) is 7.92. The maximum Gasteiger partial charge on any atom is 0.247 e. The van der Waals surface area contributed by atoms with Gasteiger partial charge in [-0.25, -0.2) is 18.7 Å². The first-order valence-electron chi connectivity index (χ1n) is 19.9. The quantitative estimate of drug-likeness (QED) is 0.0853. The summed E-state index contributed by atoms with van der Waals surface area (Å²) in [6.07, 6.45) is -1.49. The number of aliphatic hydroxyl groups is 3. The lowest BCUT2D eigenvalue weighted by molar-refractivity contribution is -0.139. The number of hydrogen-bond acceptors (Lipinski definition) is 11. The van der Waals surface area contributed by atoms with Crippen LogP contribution in [0.3, 0.4) is 0 Å². The second-order valence-electron chi connectivity index (χ2n) is 15.9. The van der Waals surface area contributed by atoms with Gasteiger partial charge < -0.3 is 55.5 Å². The Hall–Kier alpha value is -5.08. The number of likely N-dealkylation sites (tertiary alicyclic amines) is 2. The summed E-state index contributed by atoms with van der Waals surface area (Å²) >= 11 is 0. The van der Waals surface area contributed by atoms with Gasteiger partial charge in [0.25, 0.3) is 0 Å². The molecule has 4 amide bonds. The standard InChI is InChI=1S/C40H54F2N10O7/c1-20(2)34(48-38(57)22(4)44-6)40(59)50-18-28(55)14-26(50)16-52-33-10-8-24(42)12-30(33)46-36(52)35-45-29-11-23(41)7-9-32(29)51(35)15-25-13-27(54)17-49(25)39(58)31(19-53)47-37(56)21(3)43-5/h7-12,20-22,25-28,31,34,43-44,53-55H,13-19H2,1-6H3,(H,47,56)(H,48,57)/t21-,22-,25+,26+,27?,28?,31-,34-/m1/s1. The minimum Gasteiger partial charge on any atom is -0.394 e. The van der Waals surface area contributed by atoms with Gasteiger partial charge in [0.05, 0.1) is 65.0 Å². The van der Waals surface area contributed by atoms with Gasteiger partial charge in [-0.2, -0.15) is 0 Å². The van der Waals surface area contributed by atoms with Crippen molar-refractivity contribution in [2.24, 2.45) is 5.92 Å². The minimum atomic E-state index is -1.29. The van der Waals surface area contributed by atoms with Crippen LogP contribution in [-0.4, -0.2) is 150 Å². The molecule has 19 heteroatoms. The summed E-state index contributed by atoms with van der Waals surface area (Å²) in [7, 11) is 3.22. The highest BCUT2D eigenvalue weighted by Crippen LogP contribution is 2.33. The summed E-state index contributed by atoms with van der Waals surface area (Å²) in [5.41, 5.74) is 1.47. The molecule has 59 heavy (non-hydrogen) atoms. The molecule has 2 aromatic heterocycles. The highest BCUT2D eigenvalue weighted by atomic mass is 19.1. The molecule has 7 N–H and O–H groups in total. The highest BCUT2D eigenvalue weighted by Gasteiger charge is 2.41. The van der Waals surface area contributed by atoms with Crippen molar-refractivity contribution in [1.82, 2.24) is 50.2 Å². The smallest absolute Gasteiger partial charge is 0.247 e. The molecule has 8 atom stereocenters. The number of benzene rings is 2. The van der Waals surface area contributed by atoms with Gasteiger partial charge in [0.1, 0.15) is 23.7 Å². The van der Waals surface area contributed by atoms with Gasteiger partial charge in [-0.3, -0.25) is 19.2 Å². The molecule has 6 rings (SSSR count). The first kappa shape index (κ1) is 43.5. The molecule has 4 heterocycles. The first-order valence-corrected chi connectivity index (χ1v) is 19.9. The third kappa shape index (κ3) is 9.08. The number of carbonyl (C=O) groups is 4. The molecule has 0 radical (unpaired) electrons. The van der Waals surface area contributed by atoms with Gasteiger partial charge in [0.2, 0.25) is 23.6 Å². The lowest BCUT2D eigenvalue weighted by Gasteiger charge is -2.32. The first-order chi connectivity index (χ1) is 28.0. The topological polar surface area (TPSA) is 219 Å². The number of likely N-dealkylation sites (N-methyl/N-ethyl adjacent to an activating group) is 2. The Morgan fingerprint density at radius 2 is 1.17 bits per heavy atom. The van der Waals surface area contributed by atoms with Crippen LogP contribution in [0.15, 0.2) is 36.4 Å². The number of β-amino-alcohol motifs (C(OH)–C–C–N with tert-alkyl or cyclic N) is 2. The van der Waals surface area contributed by atoms with Crippen LogP contribution in [0.1, 0.15) is 40.5 Å². The molecule has 2 aromatic carbocycles. The van der Waals surface area contributed by atoms with Crippen molar-refractivity contribution in [1.29, 1.82) is 0 Å². The van der Waals surface area contributed by atoms with Gasteiger partial charge in [0, 0.05) is 38.3 Å². The lowest BCUT2D eigenvalue weighted by Crippen LogP contribution is -2.55. The molecule has 2 unspecified atom stereocenters. The Kier molecular flexibility index (Phi) is 13.3. The van der Waals surface area contributed by atoms with Gasteiger partial charge in [0.15, 0.2) is 11.6 Å². The highest BCUT2D eigenvalue weighted by molar-refractivity contribution is 5.91. The van der Waals surface area contributed by atoms with E-state index in [2.05, 4.69) is 21.3 Å². The molecule has 2 saturated heterocycles. The monoisotopic (exact) mass is 824 g/mol. The fourth-order valence-electron chi connectivity index (χ4n) is 7.92. The predicted octanol–water partition coefficient (Wildman–Crippen LogP) is 0.0885. The Labute approximate surface area is 340 Å². The van der Waals surface area contributed by atoms with Crippen LogP contribution in [0.5, 0.6) is 0 Å². The summed E-state index contributed by atoms with van der Waals surface area (Å²) in [6, 6.07) is 3.45. The van der Waals surface area contributed by atoms with E-state index >= 15 is 0 Å². The zero-order valence-electron chi connectivity index (χ0n) is 34.0. The van der Waals surface area contributed by atoms with Crippen molar-refractivity contribution in [3.63, 3.8) is 0 Å². The average molecular weight is 825 g/mol. The molecule has 320 valence electrons. The predicted molar refractivity (Wildman–Crippen MR) is 213 cm³/mol. The van der Waals surface area contributed by atoms with Crippen LogP contribution in [0.25, 0.3) is 33.7 Å². The number of carbonyl (C=O) groups excluding carboxylic acids is 4. The van der Waals surface area contributed by atoms with E-state index in [9.17, 15) is 43.3 Å². The Morgan fingerprint density at radius 1 is 0.729 bits per heavy atom. The van der Waals surface area contributed by atoms with Crippen LogP contribution in [0.2, 0.25) is 0 Å². The summed E-state index contributed by atoms with van der Waals surface area (Å²) in [5, 5.41) is 43.1. The summed E-state index contributed by atoms with van der Waals surface area (Å²) < 4.78 is 33.0. The van der Waals surface area contributed by atoms with Crippen LogP contribution in [0, 0.1) is 17.6 Å². The molecular formula is C40H54F2N10O7. The molecule has 2 aliphatic rings. The normalized spacial score (nSPS) is 21.6. The number of fused-ring (bicyclic) bond motifs is 2. The molecular weight excluding hydrogens is 770 g/mol. The largest absolute Gasteiger partial charge is 0.394 e. The molecule has 0 aliphatic carbocycles. The average Bonchev–Trinajstić information content (AvgIpc) is 3.96. The third-order valence-electron chi connectivity index (χ3n) is 11.4. The fraction of sp³-hybridized carbons (Fsp3) is 0.550. The Morgan fingerprint density at radius 3 is 1.59 bits per heavy atom. The number of aliphatic hydroxyl groups excluding tert-OH is 3. The van der Waals surface area contributed by atoms with Crippen molar-refractivity contribution in [3.05, 3.63) is 48.0 Å². The molecule has 0 saturated carbocycles. The van der Waals surface area contributed by atoms with Gasteiger partial charge in [-0.1, -0.05) is 13.8 Å². The van der Waals surface area contributed by atoms with Gasteiger partial charge in [-0.05, 0) is 71.0 Å². The maximum atomic E-state index is 14.8. The number of rotatable bonds is 15. The maximum absolute atomic E-state index is 14.8. The van der Waals surface area contributed by atoms with Crippen LogP contribution < -0.4 is 21.3 Å². The number of halogens is 2. The lowest BCUT2D eigenvalue weighted by atomic mass is 10.0. The summed E-state index contributed by atoms with van der Waals surface area (Å²) in [4.78, 5) is 66.3. The van der Waals surface area contributed by atoms with Gasteiger partial charge in [-0.15, -0.1) is 0 Å². The summed E-state index contributed by atoms with van der Waals surface area (Å²) in [6.45, 7) is 6.25. The Balaban J connectivity index is 1.40. The van der Waals surface area contributed by atoms with E-state index in [4.69, 9.17) is 9.97 Å². The van der Waals surface area contributed by atoms with Crippen LogP contribution in [-0.2, 0) is 32.3 Å². The van der Waals surface area contributed by atoms with Crippen molar-refractivity contribution >= 4 is 45.7 Å². The SMILES string of the molecule is CN[C@H](C)C(=O)N[C@H](CO)C(=O)N1CC(O)C[C@H]1Cn1c(-c2nc3cc(F)ccc3n2C[C@@H]2CC(O)CN2C(=O)[C@H](NC(=O)[C@@H](C)NC)C(C)C)nc2cc(F)ccc21. The number of amides is 4. The van der Waals surface area contributed by atoms with Crippen molar-refractivity contribution < 1.29 is 43.3 Å². The van der Waals surface area contributed by atoms with E-state index < -0.39 is 78.5 Å². The molecule has 0 bridgehead atoms. The third-order valence-corrected chi connectivity index (χ3v) is 11.4. The van der Waals surface area contributed by atoms with Crippen molar-refractivity contribution in [2.45, 2.75) is 102 Å². The number of imidazole rings is 2. The number of aromatic nitrogens is 4. The Bertz CT molecular complexity index is 2200. The summed E-state index contributed by atoms with van der Waals surface area (Å²) in [5.74, 6) is -2.78. The van der Waals surface area contributed by atoms with E-state index in [1.807, 2.05) is 13.8 Å². The van der Waals surface area contributed by atoms with E-state index in [1.165, 1.54) is 35.2 Å². The van der Waals surface area contributed by atoms with Gasteiger partial charge >= 0.3 is 0 Å². The number of nitrogens with one attached hydrogen (secondary N) is 4. The van der Waals surface area contributed by atoms with E-state index in [0.29, 0.717) is 11.0 Å². The second kappa shape index (κ2) is 18.0. The van der Waals surface area contributed by atoms with E-state index in [1.54, 1.807) is 48.0 Å². The molecule has 4 aromatic rings. The molecule has 17 nitrogen and oxygen atoms in total. The van der Waals surface area contributed by atoms with Crippen LogP contribution in [0.4, 0.5) is 8.78 Å². The minimum absolute atomic E-state index is 0.00950. The van der Waals surface area contributed by atoms with Crippen molar-refractivity contribution in [3.8, 4) is 11.6 Å². The number of nitrogens with zero attached hydrogens (tertiary/aromatic N) is 6. The van der Waals surface area contributed by atoms with Crippen LogP contribution >= 0.6 is 0 Å². The van der Waals surface area contributed by atoms with E-state index in [-0.39, 0.29) is 79.4 Å². The number of hydrogen-bond donors (Lipinski definition) is 7. The zero-order valence-corrected chi connectivity index (χ0v) is 34.0. The second-order valence-corrected chi connectivity index (χ2v) is 15.9. The zero-order chi connectivity index (χ0) is 42.9. The van der Waals surface area contributed by atoms with E-state index in [0.717, 1.165) is 0 Å². The van der Waals surface area contributed by atoms with Crippen molar-refractivity contribution in [2.75, 3.05) is 33.8 Å². The molecule has 2 aliphatic heterocycles. The molecule has 0 spiro atoms. The molecule has 2 fully saturated rings.